The molecule has 0 bridgehead atoms. The zero-order valence-corrected chi connectivity index (χ0v) is 18.2. The SMILES string of the molecule is Cc1ccc2c(c1)[C@H]1C[NH+](C)CC[C@@H]1N2C(=O)c1cccc(S(=O)(=O)N(C)C)c1. The Morgan fingerprint density at radius 2 is 1.93 bits per heavy atom. The number of likely N-dealkylation sites (tertiary alicyclic amines) is 1. The quantitative estimate of drug-likeness (QED) is 0.823. The maximum absolute atomic E-state index is 13.6. The Labute approximate surface area is 172 Å². The van der Waals surface area contributed by atoms with Crippen molar-refractivity contribution in [3.05, 3.63) is 59.2 Å². The smallest absolute Gasteiger partial charge is 0.258 e. The summed E-state index contributed by atoms with van der Waals surface area (Å²) in [6, 6.07) is 12.8. The Balaban J connectivity index is 1.76. The molecule has 2 aliphatic rings. The Morgan fingerprint density at radius 3 is 2.66 bits per heavy atom. The van der Waals surface area contributed by atoms with Gasteiger partial charge in [-0.3, -0.25) is 4.79 Å². The van der Waals surface area contributed by atoms with Crippen LogP contribution in [0.3, 0.4) is 0 Å². The molecule has 1 amide bonds. The van der Waals surface area contributed by atoms with Gasteiger partial charge in [-0.05, 0) is 36.8 Å². The van der Waals surface area contributed by atoms with Crippen LogP contribution in [-0.2, 0) is 10.0 Å². The summed E-state index contributed by atoms with van der Waals surface area (Å²) in [5, 5.41) is 0. The lowest BCUT2D eigenvalue weighted by atomic mass is 9.88. The van der Waals surface area contributed by atoms with Crippen molar-refractivity contribution in [3.63, 3.8) is 0 Å². The average molecular weight is 415 g/mol. The zero-order valence-electron chi connectivity index (χ0n) is 17.3. The molecule has 2 aromatic rings. The highest BCUT2D eigenvalue weighted by Crippen LogP contribution is 2.43. The number of nitrogens with one attached hydrogen (secondary N) is 1. The Bertz CT molecular complexity index is 1060. The normalized spacial score (nSPS) is 23.8. The van der Waals surface area contributed by atoms with E-state index in [4.69, 9.17) is 0 Å². The van der Waals surface area contributed by atoms with Crippen LogP contribution in [0.2, 0.25) is 0 Å². The van der Waals surface area contributed by atoms with Crippen molar-refractivity contribution in [3.8, 4) is 0 Å². The van der Waals surface area contributed by atoms with Gasteiger partial charge in [0.15, 0.2) is 0 Å². The third-order valence-corrected chi connectivity index (χ3v) is 7.96. The molecular weight excluding hydrogens is 386 g/mol. The number of sulfonamides is 1. The number of amides is 1. The van der Waals surface area contributed by atoms with E-state index in [1.807, 2.05) is 17.0 Å². The second kappa shape index (κ2) is 7.23. The van der Waals surface area contributed by atoms with Crippen LogP contribution >= 0.6 is 0 Å². The van der Waals surface area contributed by atoms with Gasteiger partial charge in [0.2, 0.25) is 10.0 Å². The van der Waals surface area contributed by atoms with Crippen LogP contribution in [0.15, 0.2) is 47.4 Å². The number of likely N-dealkylation sites (N-methyl/N-ethyl adjacent to an activating group) is 1. The van der Waals surface area contributed by atoms with Crippen molar-refractivity contribution in [1.29, 1.82) is 0 Å². The van der Waals surface area contributed by atoms with Gasteiger partial charge in [-0.2, -0.15) is 0 Å². The maximum Gasteiger partial charge on any atom is 0.258 e. The molecule has 7 heteroatoms. The fourth-order valence-electron chi connectivity index (χ4n) is 4.60. The lowest BCUT2D eigenvalue weighted by Crippen LogP contribution is -3.11. The van der Waals surface area contributed by atoms with Crippen molar-refractivity contribution in [1.82, 2.24) is 4.31 Å². The van der Waals surface area contributed by atoms with Gasteiger partial charge in [-0.15, -0.1) is 0 Å². The number of benzene rings is 2. The maximum atomic E-state index is 13.6. The summed E-state index contributed by atoms with van der Waals surface area (Å²) in [5.74, 6) is 0.189. The number of hydrogen-bond acceptors (Lipinski definition) is 3. The highest BCUT2D eigenvalue weighted by Gasteiger charge is 2.45. The van der Waals surface area contributed by atoms with E-state index in [1.165, 1.54) is 46.6 Å². The number of carbonyl (C=O) groups excluding carboxylic acids is 1. The monoisotopic (exact) mass is 414 g/mol. The number of fused-ring (bicyclic) bond motifs is 3. The molecule has 4 rings (SSSR count). The van der Waals surface area contributed by atoms with E-state index in [0.717, 1.165) is 25.2 Å². The molecule has 0 radical (unpaired) electrons. The van der Waals surface area contributed by atoms with E-state index in [-0.39, 0.29) is 16.8 Å². The number of hydrogen-bond donors (Lipinski definition) is 1. The first kappa shape index (κ1) is 20.1. The average Bonchev–Trinajstić information content (AvgIpc) is 3.00. The largest absolute Gasteiger partial charge is 0.337 e. The molecule has 6 nitrogen and oxygen atoms in total. The van der Waals surface area contributed by atoms with Gasteiger partial charge in [-0.25, -0.2) is 12.7 Å². The molecular formula is C22H28N3O3S+. The van der Waals surface area contributed by atoms with Crippen LogP contribution < -0.4 is 9.80 Å². The summed E-state index contributed by atoms with van der Waals surface area (Å²) in [5.41, 5.74) is 3.80. The van der Waals surface area contributed by atoms with Crippen LogP contribution in [0, 0.1) is 6.92 Å². The predicted octanol–water partition coefficient (Wildman–Crippen LogP) is 1.28. The van der Waals surface area contributed by atoms with Gasteiger partial charge in [0.1, 0.15) is 0 Å². The van der Waals surface area contributed by atoms with Gasteiger partial charge in [-0.1, -0.05) is 23.8 Å². The lowest BCUT2D eigenvalue weighted by Gasteiger charge is -2.34. The molecule has 0 aromatic heterocycles. The molecule has 2 aliphatic heterocycles. The molecule has 2 heterocycles. The van der Waals surface area contributed by atoms with Crippen molar-refractivity contribution in [2.75, 3.05) is 39.1 Å². The minimum Gasteiger partial charge on any atom is -0.337 e. The third kappa shape index (κ3) is 3.37. The first-order valence-corrected chi connectivity index (χ1v) is 11.4. The standard InChI is InChI=1S/C22H27N3O3S/c1-15-8-9-20-18(12-15)19-14-24(4)11-10-21(19)25(20)22(26)16-6-5-7-17(13-16)29(27,28)23(2)3/h5-9,12-13,19,21H,10-11,14H2,1-4H3/p+1/t19-,21+/m1/s1. The molecule has 1 fully saturated rings. The molecule has 1 unspecified atom stereocenters. The topological polar surface area (TPSA) is 62.1 Å². The van der Waals surface area contributed by atoms with Gasteiger partial charge in [0, 0.05) is 31.8 Å². The van der Waals surface area contributed by atoms with E-state index >= 15 is 0 Å². The fraction of sp³-hybridized carbons (Fsp3) is 0.409. The number of carbonyl (C=O) groups is 1. The minimum absolute atomic E-state index is 0.122. The van der Waals surface area contributed by atoms with Crippen LogP contribution in [0.5, 0.6) is 0 Å². The van der Waals surface area contributed by atoms with Crippen LogP contribution in [0.4, 0.5) is 5.69 Å². The summed E-state index contributed by atoms with van der Waals surface area (Å²) in [6.07, 6.45) is 0.936. The highest BCUT2D eigenvalue weighted by atomic mass is 32.2. The highest BCUT2D eigenvalue weighted by molar-refractivity contribution is 7.89. The van der Waals surface area contributed by atoms with E-state index in [9.17, 15) is 13.2 Å². The van der Waals surface area contributed by atoms with E-state index in [2.05, 4.69) is 20.0 Å². The zero-order chi connectivity index (χ0) is 20.9. The first-order chi connectivity index (χ1) is 13.7. The molecule has 1 N–H and O–H groups in total. The summed E-state index contributed by atoms with van der Waals surface area (Å²) in [6.45, 7) is 4.10. The molecule has 0 saturated carbocycles. The number of quaternary nitrogens is 1. The first-order valence-electron chi connectivity index (χ1n) is 9.98. The summed E-state index contributed by atoms with van der Waals surface area (Å²) in [4.78, 5) is 17.1. The van der Waals surface area contributed by atoms with Crippen molar-refractivity contribution in [2.24, 2.45) is 0 Å². The summed E-state index contributed by atoms with van der Waals surface area (Å²) >= 11 is 0. The molecule has 0 aliphatic carbocycles. The lowest BCUT2D eigenvalue weighted by molar-refractivity contribution is -0.886. The second-order valence-electron chi connectivity index (χ2n) is 8.43. The molecule has 154 valence electrons. The van der Waals surface area contributed by atoms with E-state index in [1.54, 1.807) is 12.1 Å². The number of aryl methyl sites for hydroxylation is 1. The Morgan fingerprint density at radius 1 is 1.17 bits per heavy atom. The summed E-state index contributed by atoms with van der Waals surface area (Å²) < 4.78 is 26.2. The molecule has 2 aromatic carbocycles. The summed E-state index contributed by atoms with van der Waals surface area (Å²) in [7, 11) is 1.59. The van der Waals surface area contributed by atoms with Gasteiger partial charge < -0.3 is 9.80 Å². The van der Waals surface area contributed by atoms with E-state index in [0.29, 0.717) is 11.5 Å². The molecule has 29 heavy (non-hydrogen) atoms. The number of anilines is 1. The van der Waals surface area contributed by atoms with Crippen molar-refractivity contribution < 1.29 is 18.1 Å². The predicted molar refractivity (Wildman–Crippen MR) is 113 cm³/mol. The number of piperidine rings is 1. The van der Waals surface area contributed by atoms with Crippen LogP contribution in [0.25, 0.3) is 0 Å². The minimum atomic E-state index is -3.59. The molecule has 0 spiro atoms. The van der Waals surface area contributed by atoms with E-state index < -0.39 is 10.0 Å². The molecule has 3 atom stereocenters. The van der Waals surface area contributed by atoms with Crippen molar-refractivity contribution >= 4 is 21.6 Å². The van der Waals surface area contributed by atoms with Crippen LogP contribution in [-0.4, -0.2) is 58.9 Å². The number of nitrogens with zero attached hydrogens (tertiary/aromatic N) is 2. The van der Waals surface area contributed by atoms with Gasteiger partial charge in [0.05, 0.1) is 37.0 Å². The fourth-order valence-corrected chi connectivity index (χ4v) is 5.55. The van der Waals surface area contributed by atoms with Crippen molar-refractivity contribution in [2.45, 2.75) is 30.2 Å². The van der Waals surface area contributed by atoms with Crippen LogP contribution in [0.1, 0.15) is 33.8 Å². The number of rotatable bonds is 3. The van der Waals surface area contributed by atoms with Gasteiger partial charge >= 0.3 is 0 Å². The Kier molecular flexibility index (Phi) is 5.01. The Hall–Kier alpha value is -2.22. The third-order valence-electron chi connectivity index (χ3n) is 6.15. The molecule has 1 saturated heterocycles. The second-order valence-corrected chi connectivity index (χ2v) is 10.6. The van der Waals surface area contributed by atoms with Gasteiger partial charge in [0.25, 0.3) is 5.91 Å².